The van der Waals surface area contributed by atoms with Crippen LogP contribution in [-0.4, -0.2) is 42.8 Å². The van der Waals surface area contributed by atoms with E-state index in [1.807, 2.05) is 0 Å². The molecule has 4 heteroatoms. The number of hydrogen-bond acceptors (Lipinski definition) is 4. The van der Waals surface area contributed by atoms with E-state index in [0.717, 1.165) is 35.8 Å². The van der Waals surface area contributed by atoms with Crippen LogP contribution in [0.15, 0.2) is 121 Å². The molecule has 6 aliphatic rings. The van der Waals surface area contributed by atoms with Crippen molar-refractivity contribution < 1.29 is 0 Å². The Morgan fingerprint density at radius 1 is 0.625 bits per heavy atom. The molecular formula is C52H58N4. The van der Waals surface area contributed by atoms with Crippen molar-refractivity contribution in [3.05, 3.63) is 138 Å². The maximum Gasteiger partial charge on any atom is 0.0636 e. The zero-order chi connectivity index (χ0) is 37.8. The van der Waals surface area contributed by atoms with Gasteiger partial charge in [0.1, 0.15) is 0 Å². The van der Waals surface area contributed by atoms with Crippen LogP contribution in [0.4, 0.5) is 17.1 Å². The van der Waals surface area contributed by atoms with Crippen molar-refractivity contribution in [2.45, 2.75) is 89.4 Å². The molecule has 4 saturated heterocycles. The average Bonchev–Trinajstić information content (AvgIpc) is 3.69. The van der Waals surface area contributed by atoms with Gasteiger partial charge in [-0.1, -0.05) is 113 Å². The van der Waals surface area contributed by atoms with Crippen molar-refractivity contribution in [2.75, 3.05) is 24.5 Å². The van der Waals surface area contributed by atoms with E-state index < -0.39 is 0 Å². The lowest BCUT2D eigenvalue weighted by Gasteiger charge is -2.61. The lowest BCUT2D eigenvalue weighted by Crippen LogP contribution is -2.71. The van der Waals surface area contributed by atoms with Crippen LogP contribution in [0.2, 0.25) is 0 Å². The first-order valence-corrected chi connectivity index (χ1v) is 21.8. The standard InChI is InChI=1S/C52H58N4/c1-51(2)44-14-9-8-13-40(44)41-26-25-39(30-46(41)51)55(37-21-16-34(17-22-37)33-11-6-5-7-12-33)38-23-18-35(19-24-38)36-20-27-48-42(29-36)43-31-53-32-47-49(43)56(48)50-45(52(47,3)4)15-10-28-54-50/h5-9,11-14,16-19,21-26,30,36,42-43,45,47-50,53-54H,10,15,20,27-29,31-32H2,1-4H3. The SMILES string of the molecule is CC1(C)c2ccccc2-c2ccc(N(c3ccc(-c4ccccc4)cc3)c3ccc(C4CCC5C(C4)C4CNCC6C4N5C4NCCCC4C6(C)C)cc3)cc21. The van der Waals surface area contributed by atoms with E-state index in [0.29, 0.717) is 17.5 Å². The fourth-order valence-corrected chi connectivity index (χ4v) is 13.3. The molecule has 4 heterocycles. The Balaban J connectivity index is 0.916. The number of fused-ring (bicyclic) bond motifs is 8. The molecule has 11 rings (SSSR count). The lowest BCUT2D eigenvalue weighted by atomic mass is 9.57. The summed E-state index contributed by atoms with van der Waals surface area (Å²) in [4.78, 5) is 5.57. The van der Waals surface area contributed by atoms with Gasteiger partial charge in [-0.15, -0.1) is 0 Å². The molecule has 0 amide bonds. The Kier molecular flexibility index (Phi) is 8.22. The number of piperidine rings is 3. The predicted octanol–water partition coefficient (Wildman–Crippen LogP) is 11.3. The summed E-state index contributed by atoms with van der Waals surface area (Å²) in [6.45, 7) is 13.6. The molecule has 8 atom stereocenters. The normalized spacial score (nSPS) is 30.7. The Hall–Kier alpha value is -4.22. The molecule has 2 aliphatic carbocycles. The second-order valence-electron chi connectivity index (χ2n) is 19.3. The van der Waals surface area contributed by atoms with E-state index in [1.165, 1.54) is 108 Å². The molecule has 8 unspecified atom stereocenters. The molecule has 0 bridgehead atoms. The first kappa shape index (κ1) is 35.0. The third-order valence-corrected chi connectivity index (χ3v) is 16.1. The molecule has 56 heavy (non-hydrogen) atoms. The minimum atomic E-state index is -0.0562. The summed E-state index contributed by atoms with van der Waals surface area (Å²) in [5.74, 6) is 3.65. The quantitative estimate of drug-likeness (QED) is 0.188. The number of hydrogen-bond donors (Lipinski definition) is 2. The topological polar surface area (TPSA) is 30.5 Å². The number of nitrogens with zero attached hydrogens (tertiary/aromatic N) is 2. The molecule has 0 spiro atoms. The highest BCUT2D eigenvalue weighted by Gasteiger charge is 2.64. The third-order valence-electron chi connectivity index (χ3n) is 16.1. The molecule has 5 aromatic carbocycles. The Morgan fingerprint density at radius 2 is 1.32 bits per heavy atom. The molecule has 1 saturated carbocycles. The van der Waals surface area contributed by atoms with Crippen LogP contribution in [0.25, 0.3) is 22.3 Å². The second kappa shape index (κ2) is 13.2. The van der Waals surface area contributed by atoms with Crippen molar-refractivity contribution in [1.29, 1.82) is 0 Å². The van der Waals surface area contributed by atoms with E-state index in [1.54, 1.807) is 0 Å². The fraction of sp³-hybridized carbons (Fsp3) is 0.423. The molecule has 2 N–H and O–H groups in total. The van der Waals surface area contributed by atoms with Crippen molar-refractivity contribution in [2.24, 2.45) is 29.1 Å². The highest BCUT2D eigenvalue weighted by molar-refractivity contribution is 5.86. The zero-order valence-electron chi connectivity index (χ0n) is 33.7. The molecule has 5 aromatic rings. The van der Waals surface area contributed by atoms with Gasteiger partial charge in [0.15, 0.2) is 0 Å². The Labute approximate surface area is 334 Å². The Bertz CT molecular complexity index is 2240. The van der Waals surface area contributed by atoms with Crippen LogP contribution >= 0.6 is 0 Å². The number of nitrogens with one attached hydrogen (secondary N) is 2. The van der Waals surface area contributed by atoms with Crippen molar-refractivity contribution in [3.63, 3.8) is 0 Å². The van der Waals surface area contributed by atoms with Crippen molar-refractivity contribution in [3.8, 4) is 22.3 Å². The van der Waals surface area contributed by atoms with Crippen LogP contribution in [0.5, 0.6) is 0 Å². The van der Waals surface area contributed by atoms with Gasteiger partial charge in [0.2, 0.25) is 0 Å². The summed E-state index contributed by atoms with van der Waals surface area (Å²) in [5.41, 5.74) is 13.5. The molecule has 5 fully saturated rings. The minimum absolute atomic E-state index is 0.0562. The summed E-state index contributed by atoms with van der Waals surface area (Å²) in [6.07, 6.45) is 7.22. The Morgan fingerprint density at radius 3 is 2.12 bits per heavy atom. The van der Waals surface area contributed by atoms with E-state index in [-0.39, 0.29) is 5.41 Å². The second-order valence-corrected chi connectivity index (χ2v) is 19.3. The molecular weight excluding hydrogens is 681 g/mol. The van der Waals surface area contributed by atoms with Crippen LogP contribution in [0.1, 0.15) is 82.4 Å². The lowest BCUT2D eigenvalue weighted by molar-refractivity contribution is -0.126. The molecule has 4 aliphatic heterocycles. The van der Waals surface area contributed by atoms with Crippen LogP contribution in [0, 0.1) is 29.1 Å². The zero-order valence-corrected chi connectivity index (χ0v) is 33.7. The van der Waals surface area contributed by atoms with E-state index in [2.05, 4.69) is 169 Å². The van der Waals surface area contributed by atoms with Crippen LogP contribution < -0.4 is 15.5 Å². The van der Waals surface area contributed by atoms with Gasteiger partial charge >= 0.3 is 0 Å². The van der Waals surface area contributed by atoms with E-state index in [4.69, 9.17) is 0 Å². The summed E-state index contributed by atoms with van der Waals surface area (Å²) in [5, 5.41) is 8.08. The van der Waals surface area contributed by atoms with Gasteiger partial charge in [-0.25, -0.2) is 0 Å². The summed E-state index contributed by atoms with van der Waals surface area (Å²) in [6, 6.07) is 47.3. The third kappa shape index (κ3) is 5.28. The molecule has 0 aromatic heterocycles. The van der Waals surface area contributed by atoms with E-state index in [9.17, 15) is 0 Å². The molecule has 286 valence electrons. The van der Waals surface area contributed by atoms with Crippen molar-refractivity contribution >= 4 is 17.1 Å². The first-order chi connectivity index (χ1) is 27.3. The van der Waals surface area contributed by atoms with Gasteiger partial charge < -0.3 is 15.5 Å². The van der Waals surface area contributed by atoms with Crippen molar-refractivity contribution in [1.82, 2.24) is 15.5 Å². The monoisotopic (exact) mass is 738 g/mol. The average molecular weight is 739 g/mol. The number of anilines is 3. The summed E-state index contributed by atoms with van der Waals surface area (Å²) >= 11 is 0. The van der Waals surface area contributed by atoms with Crippen LogP contribution in [0.3, 0.4) is 0 Å². The van der Waals surface area contributed by atoms with Gasteiger partial charge in [0, 0.05) is 34.6 Å². The number of benzene rings is 5. The van der Waals surface area contributed by atoms with Crippen LogP contribution in [-0.2, 0) is 5.41 Å². The smallest absolute Gasteiger partial charge is 0.0636 e. The fourth-order valence-electron chi connectivity index (χ4n) is 13.3. The van der Waals surface area contributed by atoms with Gasteiger partial charge in [-0.3, -0.25) is 4.90 Å². The molecule has 4 nitrogen and oxygen atoms in total. The van der Waals surface area contributed by atoms with Gasteiger partial charge in [-0.05, 0) is 162 Å². The maximum absolute atomic E-state index is 4.09. The van der Waals surface area contributed by atoms with Gasteiger partial charge in [-0.2, -0.15) is 0 Å². The largest absolute Gasteiger partial charge is 0.316 e. The first-order valence-electron chi connectivity index (χ1n) is 21.8. The summed E-state index contributed by atoms with van der Waals surface area (Å²) < 4.78 is 0. The highest BCUT2D eigenvalue weighted by atomic mass is 15.4. The molecule has 0 radical (unpaired) electrons. The van der Waals surface area contributed by atoms with Gasteiger partial charge in [0.25, 0.3) is 0 Å². The van der Waals surface area contributed by atoms with E-state index >= 15 is 0 Å². The van der Waals surface area contributed by atoms with Gasteiger partial charge in [0.05, 0.1) is 6.17 Å². The minimum Gasteiger partial charge on any atom is -0.316 e. The highest BCUT2D eigenvalue weighted by Crippen LogP contribution is 2.60. The predicted molar refractivity (Wildman–Crippen MR) is 232 cm³/mol. The summed E-state index contributed by atoms with van der Waals surface area (Å²) in [7, 11) is 0. The maximum atomic E-state index is 4.09. The number of rotatable bonds is 5.